The molecule has 5 nitrogen and oxygen atoms in total. The molecule has 22 heavy (non-hydrogen) atoms. The van der Waals surface area contributed by atoms with Gasteiger partial charge in [0.1, 0.15) is 0 Å². The second-order valence-electron chi connectivity index (χ2n) is 4.81. The second-order valence-corrected chi connectivity index (χ2v) is 4.81. The third-order valence-corrected chi connectivity index (χ3v) is 3.27. The van der Waals surface area contributed by atoms with Gasteiger partial charge in [-0.3, -0.25) is 4.98 Å². The van der Waals surface area contributed by atoms with E-state index in [1.165, 1.54) is 0 Å². The average molecular weight is 292 g/mol. The van der Waals surface area contributed by atoms with Crippen molar-refractivity contribution in [1.82, 2.24) is 15.0 Å². The number of hydrogen-bond acceptors (Lipinski definition) is 5. The van der Waals surface area contributed by atoms with E-state index < -0.39 is 6.10 Å². The number of aliphatic hydroxyl groups is 1. The summed E-state index contributed by atoms with van der Waals surface area (Å²) < 4.78 is 0. The fourth-order valence-corrected chi connectivity index (χ4v) is 2.11. The molecular formula is C17H16N4O. The zero-order chi connectivity index (χ0) is 15.2. The van der Waals surface area contributed by atoms with Gasteiger partial charge in [-0.15, -0.1) is 0 Å². The summed E-state index contributed by atoms with van der Waals surface area (Å²) in [6.45, 7) is 0.351. The highest BCUT2D eigenvalue weighted by Gasteiger charge is 2.08. The van der Waals surface area contributed by atoms with Gasteiger partial charge in [-0.2, -0.15) is 0 Å². The molecule has 2 heterocycles. The molecule has 0 amide bonds. The first-order valence-electron chi connectivity index (χ1n) is 7.03. The summed E-state index contributed by atoms with van der Waals surface area (Å²) in [5.41, 5.74) is 2.65. The Labute approximate surface area is 128 Å². The van der Waals surface area contributed by atoms with E-state index in [2.05, 4.69) is 20.3 Å². The van der Waals surface area contributed by atoms with Crippen molar-refractivity contribution in [1.29, 1.82) is 0 Å². The highest BCUT2D eigenvalue weighted by atomic mass is 16.3. The molecule has 2 N–H and O–H groups in total. The molecule has 0 radical (unpaired) electrons. The average Bonchev–Trinajstić information content (AvgIpc) is 2.61. The first kappa shape index (κ1) is 14.2. The number of benzene rings is 1. The summed E-state index contributed by atoms with van der Waals surface area (Å²) in [5, 5.41) is 13.2. The Morgan fingerprint density at radius 2 is 1.73 bits per heavy atom. The van der Waals surface area contributed by atoms with Gasteiger partial charge in [0.2, 0.25) is 5.95 Å². The van der Waals surface area contributed by atoms with Crippen molar-refractivity contribution in [2.45, 2.75) is 6.10 Å². The van der Waals surface area contributed by atoms with Crippen LogP contribution in [0.4, 0.5) is 5.95 Å². The van der Waals surface area contributed by atoms with Crippen molar-refractivity contribution < 1.29 is 5.11 Å². The number of aromatic nitrogens is 3. The SMILES string of the molecule is OC(CNc1nccc(-c2ccncc2)n1)c1ccccc1. The molecule has 5 heteroatoms. The van der Waals surface area contributed by atoms with Crippen LogP contribution in [0.1, 0.15) is 11.7 Å². The molecule has 0 aliphatic rings. The minimum Gasteiger partial charge on any atom is -0.387 e. The summed E-state index contributed by atoms with van der Waals surface area (Å²) in [5.74, 6) is 0.490. The number of anilines is 1. The van der Waals surface area contributed by atoms with Crippen LogP contribution in [-0.4, -0.2) is 26.6 Å². The lowest BCUT2D eigenvalue weighted by Crippen LogP contribution is -2.13. The van der Waals surface area contributed by atoms with E-state index >= 15 is 0 Å². The molecule has 0 spiro atoms. The number of pyridine rings is 1. The number of nitrogens with one attached hydrogen (secondary N) is 1. The molecular weight excluding hydrogens is 276 g/mol. The van der Waals surface area contributed by atoms with E-state index in [-0.39, 0.29) is 0 Å². The summed E-state index contributed by atoms with van der Waals surface area (Å²) in [6.07, 6.45) is 4.54. The fourth-order valence-electron chi connectivity index (χ4n) is 2.11. The fraction of sp³-hybridized carbons (Fsp3) is 0.118. The second kappa shape index (κ2) is 6.78. The summed E-state index contributed by atoms with van der Waals surface area (Å²) >= 11 is 0. The van der Waals surface area contributed by atoms with Crippen molar-refractivity contribution in [3.63, 3.8) is 0 Å². The molecule has 2 aromatic heterocycles. The Bertz CT molecular complexity index is 719. The van der Waals surface area contributed by atoms with Gasteiger partial charge >= 0.3 is 0 Å². The third-order valence-electron chi connectivity index (χ3n) is 3.27. The standard InChI is InChI=1S/C17H16N4O/c22-16(14-4-2-1-3-5-14)12-20-17-19-11-8-15(21-17)13-6-9-18-10-7-13/h1-11,16,22H,12H2,(H,19,20,21). The minimum absolute atomic E-state index is 0.351. The highest BCUT2D eigenvalue weighted by Crippen LogP contribution is 2.17. The van der Waals surface area contributed by atoms with Gasteiger partial charge in [0.05, 0.1) is 11.8 Å². The summed E-state index contributed by atoms with van der Waals surface area (Å²) in [6, 6.07) is 15.1. The van der Waals surface area contributed by atoms with Crippen LogP contribution in [0.5, 0.6) is 0 Å². The van der Waals surface area contributed by atoms with Gasteiger partial charge in [0.25, 0.3) is 0 Å². The maximum atomic E-state index is 10.1. The van der Waals surface area contributed by atoms with Crippen LogP contribution >= 0.6 is 0 Å². The quantitative estimate of drug-likeness (QED) is 0.756. The Morgan fingerprint density at radius 3 is 2.50 bits per heavy atom. The van der Waals surface area contributed by atoms with Crippen LogP contribution < -0.4 is 5.32 Å². The molecule has 0 saturated heterocycles. The van der Waals surface area contributed by atoms with Gasteiger partial charge in [-0.25, -0.2) is 9.97 Å². The molecule has 0 aliphatic heterocycles. The van der Waals surface area contributed by atoms with Crippen molar-refractivity contribution >= 4 is 5.95 Å². The summed E-state index contributed by atoms with van der Waals surface area (Å²) in [4.78, 5) is 12.6. The number of hydrogen-bond donors (Lipinski definition) is 2. The molecule has 3 aromatic rings. The van der Waals surface area contributed by atoms with Gasteiger partial charge in [0.15, 0.2) is 0 Å². The Hall–Kier alpha value is -2.79. The zero-order valence-corrected chi connectivity index (χ0v) is 11.9. The molecule has 0 fully saturated rings. The smallest absolute Gasteiger partial charge is 0.223 e. The van der Waals surface area contributed by atoms with Crippen LogP contribution in [0.3, 0.4) is 0 Å². The first-order valence-corrected chi connectivity index (χ1v) is 7.03. The van der Waals surface area contributed by atoms with Gasteiger partial charge in [-0.1, -0.05) is 30.3 Å². The molecule has 1 atom stereocenters. The maximum absolute atomic E-state index is 10.1. The van der Waals surface area contributed by atoms with Gasteiger partial charge in [0, 0.05) is 30.7 Å². The highest BCUT2D eigenvalue weighted by molar-refractivity contribution is 5.58. The maximum Gasteiger partial charge on any atom is 0.223 e. The van der Waals surface area contributed by atoms with Gasteiger partial charge in [-0.05, 0) is 23.8 Å². The predicted molar refractivity (Wildman–Crippen MR) is 85.2 cm³/mol. The monoisotopic (exact) mass is 292 g/mol. The van der Waals surface area contributed by atoms with Crippen LogP contribution in [0.2, 0.25) is 0 Å². The number of rotatable bonds is 5. The van der Waals surface area contributed by atoms with Crippen LogP contribution in [0, 0.1) is 0 Å². The molecule has 1 aromatic carbocycles. The number of nitrogens with zero attached hydrogens (tertiary/aromatic N) is 3. The van der Waals surface area contributed by atoms with Crippen LogP contribution in [0.15, 0.2) is 67.1 Å². The lowest BCUT2D eigenvalue weighted by molar-refractivity contribution is 0.191. The van der Waals surface area contributed by atoms with Crippen molar-refractivity contribution in [3.8, 4) is 11.3 Å². The minimum atomic E-state index is -0.602. The number of aliphatic hydroxyl groups excluding tert-OH is 1. The van der Waals surface area contributed by atoms with Crippen molar-refractivity contribution in [3.05, 3.63) is 72.7 Å². The van der Waals surface area contributed by atoms with E-state index in [9.17, 15) is 5.11 Å². The molecule has 0 aliphatic carbocycles. The summed E-state index contributed by atoms with van der Waals surface area (Å²) in [7, 11) is 0. The lowest BCUT2D eigenvalue weighted by Gasteiger charge is -2.12. The molecule has 1 unspecified atom stereocenters. The molecule has 0 saturated carbocycles. The normalized spacial score (nSPS) is 11.9. The van der Waals surface area contributed by atoms with E-state index in [0.29, 0.717) is 12.5 Å². The van der Waals surface area contributed by atoms with Crippen molar-refractivity contribution in [2.75, 3.05) is 11.9 Å². The molecule has 0 bridgehead atoms. The zero-order valence-electron chi connectivity index (χ0n) is 11.9. The van der Waals surface area contributed by atoms with E-state index in [1.54, 1.807) is 18.6 Å². The Balaban J connectivity index is 1.69. The van der Waals surface area contributed by atoms with Crippen molar-refractivity contribution in [2.24, 2.45) is 0 Å². The van der Waals surface area contributed by atoms with E-state index in [1.807, 2.05) is 48.5 Å². The first-order chi connectivity index (χ1) is 10.8. The van der Waals surface area contributed by atoms with E-state index in [0.717, 1.165) is 16.8 Å². The molecule has 3 rings (SSSR count). The third kappa shape index (κ3) is 3.45. The lowest BCUT2D eigenvalue weighted by atomic mass is 10.1. The Kier molecular flexibility index (Phi) is 4.36. The largest absolute Gasteiger partial charge is 0.387 e. The molecule has 110 valence electrons. The topological polar surface area (TPSA) is 70.9 Å². The van der Waals surface area contributed by atoms with Crippen LogP contribution in [0.25, 0.3) is 11.3 Å². The predicted octanol–water partition coefficient (Wildman–Crippen LogP) is 2.68. The van der Waals surface area contributed by atoms with E-state index in [4.69, 9.17) is 0 Å². The van der Waals surface area contributed by atoms with Gasteiger partial charge < -0.3 is 10.4 Å². The Morgan fingerprint density at radius 1 is 0.955 bits per heavy atom. The van der Waals surface area contributed by atoms with Crippen LogP contribution in [-0.2, 0) is 0 Å².